The van der Waals surface area contributed by atoms with E-state index in [0.717, 1.165) is 27.2 Å². The molecule has 1 atom stereocenters. The number of aryl methyl sites for hydroxylation is 2. The monoisotopic (exact) mass is 520 g/mol. The number of alkyl halides is 3. The van der Waals surface area contributed by atoms with Gasteiger partial charge in [0.15, 0.2) is 0 Å². The number of thiazole rings is 1. The molecule has 6 nitrogen and oxygen atoms in total. The van der Waals surface area contributed by atoms with Gasteiger partial charge in [-0.1, -0.05) is 12.1 Å². The Kier molecular flexibility index (Phi) is 6.66. The molecule has 1 aliphatic rings. The summed E-state index contributed by atoms with van der Waals surface area (Å²) in [5, 5.41) is 9.89. The molecule has 0 bridgehead atoms. The number of hydrogen-bond donors (Lipinski definition) is 0. The van der Waals surface area contributed by atoms with Gasteiger partial charge in [-0.25, -0.2) is 13.4 Å². The summed E-state index contributed by atoms with van der Waals surface area (Å²) < 4.78 is 69.3. The molecule has 1 saturated heterocycles. The van der Waals surface area contributed by atoms with E-state index in [1.54, 1.807) is 25.1 Å². The van der Waals surface area contributed by atoms with E-state index in [4.69, 9.17) is 5.26 Å². The van der Waals surface area contributed by atoms with Crippen LogP contribution in [-0.4, -0.2) is 43.4 Å². The molecule has 1 fully saturated rings. The molecule has 1 unspecified atom stereocenters. The maximum Gasteiger partial charge on any atom is 0.418 e. The smallest absolute Gasteiger partial charge is 0.368 e. The lowest BCUT2D eigenvalue weighted by Crippen LogP contribution is -2.54. The summed E-state index contributed by atoms with van der Waals surface area (Å²) in [6, 6.07) is 11.3. The molecular weight excluding hydrogens is 497 g/mol. The minimum absolute atomic E-state index is 0.0315. The molecule has 1 aromatic heterocycles. The standard InChI is InChI=1S/C24H23F3N4O2S2/c1-15-14-30(22-8-7-18(13-28)11-21(22)24(25,26)27)9-10-31(15)35(32,33)20-6-4-5-19(12-20)23-16(2)29-17(3)34-23/h4-8,11-12,15H,9-10,14H2,1-3H3. The molecule has 11 heteroatoms. The van der Waals surface area contributed by atoms with Gasteiger partial charge in [-0.3, -0.25) is 0 Å². The van der Waals surface area contributed by atoms with Crippen molar-refractivity contribution in [3.05, 3.63) is 64.3 Å². The van der Waals surface area contributed by atoms with E-state index >= 15 is 0 Å². The van der Waals surface area contributed by atoms with Crippen LogP contribution in [-0.2, 0) is 16.2 Å². The number of halogens is 3. The summed E-state index contributed by atoms with van der Waals surface area (Å²) in [6.45, 7) is 5.65. The molecule has 3 aromatic rings. The molecule has 0 aliphatic carbocycles. The molecule has 184 valence electrons. The third kappa shape index (κ3) is 4.91. The third-order valence-electron chi connectivity index (χ3n) is 5.94. The first-order valence-electron chi connectivity index (χ1n) is 10.8. The summed E-state index contributed by atoms with van der Waals surface area (Å²) >= 11 is 1.49. The zero-order valence-corrected chi connectivity index (χ0v) is 20.9. The third-order valence-corrected chi connectivity index (χ3v) is 9.08. The van der Waals surface area contributed by atoms with Gasteiger partial charge in [-0.05, 0) is 56.7 Å². The van der Waals surface area contributed by atoms with E-state index in [-0.39, 0.29) is 35.8 Å². The highest BCUT2D eigenvalue weighted by molar-refractivity contribution is 7.89. The summed E-state index contributed by atoms with van der Waals surface area (Å²) in [6.07, 6.45) is -4.64. The minimum atomic E-state index is -4.64. The Morgan fingerprint density at radius 1 is 1.14 bits per heavy atom. The van der Waals surface area contributed by atoms with Gasteiger partial charge in [0.05, 0.1) is 37.7 Å². The van der Waals surface area contributed by atoms with Crippen LogP contribution in [0.4, 0.5) is 18.9 Å². The Hall–Kier alpha value is -2.94. The average Bonchev–Trinajstić information content (AvgIpc) is 3.15. The maximum absolute atomic E-state index is 13.7. The lowest BCUT2D eigenvalue weighted by Gasteiger charge is -2.40. The zero-order chi connectivity index (χ0) is 25.5. The SMILES string of the molecule is Cc1nc(C)c(-c2cccc(S(=O)(=O)N3CCN(c4ccc(C#N)cc4C(F)(F)F)CC3C)c2)s1. The van der Waals surface area contributed by atoms with Crippen molar-refractivity contribution in [2.45, 2.75) is 37.9 Å². The topological polar surface area (TPSA) is 77.3 Å². The molecule has 0 N–H and O–H groups in total. The second-order valence-electron chi connectivity index (χ2n) is 8.43. The lowest BCUT2D eigenvalue weighted by atomic mass is 10.1. The Morgan fingerprint density at radius 3 is 2.49 bits per heavy atom. The van der Waals surface area contributed by atoms with E-state index in [9.17, 15) is 21.6 Å². The number of sulfonamides is 1. The molecule has 0 radical (unpaired) electrons. The highest BCUT2D eigenvalue weighted by Crippen LogP contribution is 2.38. The summed E-state index contributed by atoms with van der Waals surface area (Å²) in [7, 11) is -3.88. The van der Waals surface area contributed by atoms with Gasteiger partial charge in [0, 0.05) is 31.4 Å². The number of benzene rings is 2. The van der Waals surface area contributed by atoms with Crippen LogP contribution < -0.4 is 4.90 Å². The van der Waals surface area contributed by atoms with Gasteiger partial charge in [-0.2, -0.15) is 22.7 Å². The predicted molar refractivity (Wildman–Crippen MR) is 129 cm³/mol. The fraction of sp³-hybridized carbons (Fsp3) is 0.333. The van der Waals surface area contributed by atoms with Crippen molar-refractivity contribution in [3.63, 3.8) is 0 Å². The first-order valence-corrected chi connectivity index (χ1v) is 13.1. The fourth-order valence-electron chi connectivity index (χ4n) is 4.36. The van der Waals surface area contributed by atoms with E-state index in [0.29, 0.717) is 0 Å². The van der Waals surface area contributed by atoms with Crippen LogP contribution in [0.1, 0.15) is 28.8 Å². The molecule has 1 aliphatic heterocycles. The van der Waals surface area contributed by atoms with Crippen molar-refractivity contribution in [2.24, 2.45) is 0 Å². The van der Waals surface area contributed by atoms with Crippen LogP contribution in [0.15, 0.2) is 47.4 Å². The highest BCUT2D eigenvalue weighted by atomic mass is 32.2. The number of nitrogens with zero attached hydrogens (tertiary/aromatic N) is 4. The first kappa shape index (κ1) is 25.2. The molecule has 0 spiro atoms. The van der Waals surface area contributed by atoms with Gasteiger partial charge in [0.1, 0.15) is 0 Å². The van der Waals surface area contributed by atoms with Crippen molar-refractivity contribution in [1.82, 2.24) is 9.29 Å². The van der Waals surface area contributed by atoms with Gasteiger partial charge >= 0.3 is 6.18 Å². The summed E-state index contributed by atoms with van der Waals surface area (Å²) in [5.41, 5.74) is 0.544. The van der Waals surface area contributed by atoms with Gasteiger partial charge in [0.25, 0.3) is 0 Å². The molecule has 0 amide bonds. The number of nitriles is 1. The van der Waals surface area contributed by atoms with Crippen LogP contribution >= 0.6 is 11.3 Å². The first-order chi connectivity index (χ1) is 16.4. The predicted octanol–water partition coefficient (Wildman–Crippen LogP) is 5.22. The number of piperazine rings is 1. The normalized spacial score (nSPS) is 17.4. The molecule has 4 rings (SSSR count). The van der Waals surface area contributed by atoms with Crippen molar-refractivity contribution in [2.75, 3.05) is 24.5 Å². The number of hydrogen-bond acceptors (Lipinski definition) is 6. The van der Waals surface area contributed by atoms with Crippen LogP contribution in [0.3, 0.4) is 0 Å². The number of rotatable bonds is 4. The van der Waals surface area contributed by atoms with Crippen molar-refractivity contribution in [1.29, 1.82) is 5.26 Å². The van der Waals surface area contributed by atoms with E-state index < -0.39 is 27.8 Å². The van der Waals surface area contributed by atoms with Crippen molar-refractivity contribution >= 4 is 27.0 Å². The summed E-state index contributed by atoms with van der Waals surface area (Å²) in [5.74, 6) is 0. The van der Waals surface area contributed by atoms with Crippen LogP contribution in [0, 0.1) is 25.2 Å². The number of anilines is 1. The van der Waals surface area contributed by atoms with Crippen LogP contribution in [0.25, 0.3) is 10.4 Å². The van der Waals surface area contributed by atoms with Gasteiger partial charge in [-0.15, -0.1) is 11.3 Å². The van der Waals surface area contributed by atoms with Crippen molar-refractivity contribution in [3.8, 4) is 16.5 Å². The molecule has 35 heavy (non-hydrogen) atoms. The Morgan fingerprint density at radius 2 is 1.89 bits per heavy atom. The van der Waals surface area contributed by atoms with E-state index in [1.165, 1.54) is 38.7 Å². The summed E-state index contributed by atoms with van der Waals surface area (Å²) in [4.78, 5) is 6.97. The lowest BCUT2D eigenvalue weighted by molar-refractivity contribution is -0.137. The van der Waals surface area contributed by atoms with E-state index in [1.807, 2.05) is 19.9 Å². The fourth-order valence-corrected chi connectivity index (χ4v) is 6.93. The molecular formula is C24H23F3N4O2S2. The second-order valence-corrected chi connectivity index (χ2v) is 11.5. The maximum atomic E-state index is 13.7. The van der Waals surface area contributed by atoms with Crippen LogP contribution in [0.2, 0.25) is 0 Å². The molecule has 2 aromatic carbocycles. The number of aromatic nitrogens is 1. The Bertz CT molecular complexity index is 1410. The molecule has 2 heterocycles. The van der Waals surface area contributed by atoms with E-state index in [2.05, 4.69) is 4.98 Å². The van der Waals surface area contributed by atoms with Gasteiger partial charge < -0.3 is 4.90 Å². The van der Waals surface area contributed by atoms with Gasteiger partial charge in [0.2, 0.25) is 10.0 Å². The quantitative estimate of drug-likeness (QED) is 0.472. The Balaban J connectivity index is 1.61. The molecule has 0 saturated carbocycles. The van der Waals surface area contributed by atoms with Crippen LogP contribution in [0.5, 0.6) is 0 Å². The second kappa shape index (κ2) is 9.26. The zero-order valence-electron chi connectivity index (χ0n) is 19.3. The average molecular weight is 521 g/mol. The Labute approximate surface area is 206 Å². The minimum Gasteiger partial charge on any atom is -0.368 e. The highest BCUT2D eigenvalue weighted by Gasteiger charge is 2.39. The largest absolute Gasteiger partial charge is 0.418 e. The van der Waals surface area contributed by atoms with Crippen molar-refractivity contribution < 1.29 is 21.6 Å².